The number of esters is 3. The predicted molar refractivity (Wildman–Crippen MR) is 503 cm³/mol. The standard InChI is InChI=1S/C21H18N2OS.C17H14N2O4.C17H14N2O3.C16H16ClNO3S.C13H19NO2S.C12H9BrO2S/c24-20-19-16-10-3-4-11-17(16)25-21(19)23-18(22-20)12-14-8-5-7-13-6-1-2-9-15(13)14;1-23-13-9-5-4-8-12(13)19-17(22)14-15(20)10-6-2-3-7-11(10)18-16(14)21;20-15-12-8-4-5-9-13(12)19-17(22)14(15)16(21)18-10-11-6-2-1-3-7-11;1-3-21-16(20)14-12(11-6-4-10(2)5-7-11)9-22-15(14)18-13(19)8-17;1-3-8-5-6-9-10(7-8)17-12(14)11(9)13(15)16-4-2;1-8-4-5-10(9(13)7-8)15-12(14)11-3-2-6-16-11/h1-2,5-9H,3-4,10-12H2,(H,22,23,24);2-9H,1H3,(H,19,22)(H2,18,20,21);1-9H,10H2,(H,18,21)(H2,19,20,22);4-7,9H,3,8H2,1-2H3,(H,18,19);8H,3-7,14H2,1-2H3;2-7H,1H3. The van der Waals surface area contributed by atoms with Crippen molar-refractivity contribution >= 4 is 167 Å². The maximum absolute atomic E-state index is 12.7. The van der Waals surface area contributed by atoms with E-state index in [9.17, 15) is 53.4 Å². The number of aromatic hydroxyl groups is 2. The molecule has 0 saturated carbocycles. The largest absolute Gasteiger partial charge is 0.506 e. The number of ether oxygens (including phenoxy) is 4. The molecule has 1 unspecified atom stereocenters. The Bertz CT molecular complexity index is 6600. The first-order valence-corrected chi connectivity index (χ1v) is 44.9. The summed E-state index contributed by atoms with van der Waals surface area (Å²) in [6.07, 6.45) is 9.55. The number of benzene rings is 8. The number of amides is 3. The summed E-state index contributed by atoms with van der Waals surface area (Å²) < 4.78 is 21.4. The number of pyridine rings is 2. The minimum Gasteiger partial charge on any atom is -0.506 e. The van der Waals surface area contributed by atoms with E-state index in [0.29, 0.717) is 78.0 Å². The van der Waals surface area contributed by atoms with Crippen LogP contribution < -0.4 is 47.8 Å². The van der Waals surface area contributed by atoms with Crippen molar-refractivity contribution in [3.63, 3.8) is 0 Å². The van der Waals surface area contributed by atoms with Gasteiger partial charge in [0.15, 0.2) is 0 Å². The molecule has 0 spiro atoms. The zero-order chi connectivity index (χ0) is 88.8. The highest BCUT2D eigenvalue weighted by Crippen LogP contribution is 2.41. The van der Waals surface area contributed by atoms with E-state index >= 15 is 0 Å². The summed E-state index contributed by atoms with van der Waals surface area (Å²) in [5, 5.41) is 37.3. The second-order valence-electron chi connectivity index (χ2n) is 28.9. The number of alkyl halides is 1. The molecule has 29 heteroatoms. The van der Waals surface area contributed by atoms with Crippen molar-refractivity contribution in [3.05, 3.63) is 323 Å². The number of nitrogens with zero attached hydrogens (tertiary/aromatic N) is 1. The molecule has 642 valence electrons. The number of aromatic nitrogens is 4. The van der Waals surface area contributed by atoms with Crippen molar-refractivity contribution in [3.8, 4) is 34.1 Å². The Morgan fingerprint density at radius 2 is 1.22 bits per heavy atom. The van der Waals surface area contributed by atoms with Gasteiger partial charge in [0, 0.05) is 44.4 Å². The summed E-state index contributed by atoms with van der Waals surface area (Å²) in [5.41, 5.74) is 14.9. The van der Waals surface area contributed by atoms with Crippen LogP contribution in [0.15, 0.2) is 230 Å². The summed E-state index contributed by atoms with van der Waals surface area (Å²) >= 11 is 14.8. The Labute approximate surface area is 748 Å². The molecule has 0 fully saturated rings. The average Bonchev–Trinajstić information content (AvgIpc) is 1.70. The van der Waals surface area contributed by atoms with E-state index < -0.39 is 28.9 Å². The van der Waals surface area contributed by atoms with Crippen LogP contribution in [0.25, 0.3) is 53.9 Å². The second-order valence-corrected chi connectivity index (χ2v) is 34.1. The normalized spacial score (nSPS) is 12.3. The number of para-hydroxylation sites is 4. The monoisotopic (exact) mass is 1840 g/mol. The van der Waals surface area contributed by atoms with Gasteiger partial charge in [-0.1, -0.05) is 165 Å². The highest BCUT2D eigenvalue weighted by atomic mass is 79.9. The topological polar surface area (TPSA) is 353 Å². The third-order valence-electron chi connectivity index (χ3n) is 20.5. The van der Waals surface area contributed by atoms with Crippen molar-refractivity contribution in [2.45, 2.75) is 99.0 Å². The molecular weight excluding hydrogens is 1750 g/mol. The SMILES string of the molecule is CCOC(=O)c1c(-c2ccc(C)cc2)csc1NC(=O)CCl.CCOC(=O)c1c(N)sc2c1CCC(CC)C2.COc1ccccc1NC(=O)c1c(O)c2ccccc2[nH]c1=O.Cc1ccc(OC(=O)c2cccs2)c(Br)c1.O=C(NCc1ccccc1)c1c(O)c2ccccc2[nH]c1=O.O=c1[nH]c(Cc2cccc3ccccc23)nc2sc3c(c12)CCCC3. The molecule has 0 saturated heterocycles. The maximum atomic E-state index is 12.7. The molecule has 15 aromatic rings. The van der Waals surface area contributed by atoms with E-state index in [-0.39, 0.29) is 65.1 Å². The summed E-state index contributed by atoms with van der Waals surface area (Å²) in [6, 6.07) is 61.3. The van der Waals surface area contributed by atoms with Gasteiger partial charge in [-0.15, -0.1) is 56.9 Å². The van der Waals surface area contributed by atoms with Gasteiger partial charge in [0.2, 0.25) is 5.91 Å². The lowest BCUT2D eigenvalue weighted by Crippen LogP contribution is -2.29. The molecule has 2 aliphatic carbocycles. The minimum absolute atomic E-state index is 0.0274. The van der Waals surface area contributed by atoms with Gasteiger partial charge in [-0.3, -0.25) is 28.8 Å². The van der Waals surface area contributed by atoms with Gasteiger partial charge in [-0.2, -0.15) is 0 Å². The first-order chi connectivity index (χ1) is 60.5. The fraction of sp³-hybridized carbons (Fsp3) is 0.208. The first-order valence-electron chi connectivity index (χ1n) is 40.2. The van der Waals surface area contributed by atoms with Crippen LogP contribution in [0, 0.1) is 19.8 Å². The quantitative estimate of drug-likeness (QED) is 0.0219. The second kappa shape index (κ2) is 43.5. The van der Waals surface area contributed by atoms with E-state index in [1.165, 1.54) is 80.7 Å². The lowest BCUT2D eigenvalue weighted by Gasteiger charge is -2.20. The molecule has 0 aliphatic heterocycles. The number of aromatic amines is 3. The van der Waals surface area contributed by atoms with Gasteiger partial charge in [0.25, 0.3) is 28.5 Å². The predicted octanol–water partition coefficient (Wildman–Crippen LogP) is 20.4. The fourth-order valence-electron chi connectivity index (χ4n) is 14.2. The van der Waals surface area contributed by atoms with Crippen molar-refractivity contribution in [2.24, 2.45) is 5.92 Å². The van der Waals surface area contributed by atoms with E-state index in [0.717, 1.165) is 91.9 Å². The van der Waals surface area contributed by atoms with Crippen LogP contribution in [0.5, 0.6) is 23.0 Å². The van der Waals surface area contributed by atoms with Gasteiger partial charge in [-0.05, 0) is 199 Å². The number of carbonyl (C=O) groups is 6. The summed E-state index contributed by atoms with van der Waals surface area (Å²) in [7, 11) is 1.48. The number of nitrogens with two attached hydrogens (primary N) is 1. The van der Waals surface area contributed by atoms with E-state index in [4.69, 9.17) is 41.3 Å². The number of rotatable bonds is 18. The van der Waals surface area contributed by atoms with Crippen LogP contribution in [0.3, 0.4) is 0 Å². The number of nitrogens with one attached hydrogen (secondary N) is 6. The number of halogens is 2. The summed E-state index contributed by atoms with van der Waals surface area (Å²) in [4.78, 5) is 126. The van der Waals surface area contributed by atoms with Gasteiger partial charge in [-0.25, -0.2) is 19.4 Å². The van der Waals surface area contributed by atoms with Crippen LogP contribution in [0.1, 0.15) is 147 Å². The van der Waals surface area contributed by atoms with E-state index in [2.05, 4.69) is 96.2 Å². The van der Waals surface area contributed by atoms with E-state index in [1.807, 2.05) is 104 Å². The van der Waals surface area contributed by atoms with Crippen LogP contribution in [0.2, 0.25) is 0 Å². The molecule has 3 amide bonds. The molecule has 0 bridgehead atoms. The maximum Gasteiger partial charge on any atom is 0.353 e. The molecule has 17 rings (SSSR count). The zero-order valence-electron chi connectivity index (χ0n) is 69.1. The Balaban J connectivity index is 0.000000137. The van der Waals surface area contributed by atoms with Gasteiger partial charge >= 0.3 is 17.9 Å². The smallest absolute Gasteiger partial charge is 0.353 e. The number of thiophene rings is 4. The van der Waals surface area contributed by atoms with Crippen molar-refractivity contribution in [1.82, 2.24) is 25.3 Å². The third-order valence-corrected chi connectivity index (χ3v) is 25.4. The zero-order valence-corrected chi connectivity index (χ0v) is 74.7. The number of anilines is 3. The number of nitrogen functional groups attached to an aromatic ring is 1. The van der Waals surface area contributed by atoms with Gasteiger partial charge < -0.3 is 65.8 Å². The number of aryl methyl sites for hydroxylation is 4. The molecule has 2 aliphatic rings. The molecule has 7 aromatic heterocycles. The first kappa shape index (κ1) is 91.4. The molecule has 1 atom stereocenters. The number of methoxy groups -OCH3 is 1. The van der Waals surface area contributed by atoms with Crippen LogP contribution in [0.4, 0.5) is 15.7 Å². The molecule has 8 aromatic carbocycles. The average molecular weight is 1840 g/mol. The van der Waals surface area contributed by atoms with Crippen molar-refractivity contribution in [1.29, 1.82) is 0 Å². The van der Waals surface area contributed by atoms with Gasteiger partial charge in [0.05, 0.1) is 52.5 Å². The Hall–Kier alpha value is -12.8. The van der Waals surface area contributed by atoms with Crippen LogP contribution in [-0.4, -0.2) is 92.0 Å². The summed E-state index contributed by atoms with van der Waals surface area (Å²) in [5.74, 6) is -1.01. The summed E-state index contributed by atoms with van der Waals surface area (Å²) in [6.45, 7) is 10.7. The number of hydrogen-bond acceptors (Lipinski definition) is 21. The molecule has 125 heavy (non-hydrogen) atoms. The van der Waals surface area contributed by atoms with Gasteiger partial charge in [0.1, 0.15) is 71.1 Å². The lowest BCUT2D eigenvalue weighted by atomic mass is 9.86. The number of fused-ring (bicyclic) bond motifs is 7. The number of carbonyl (C=O) groups excluding carboxylic acids is 6. The van der Waals surface area contributed by atoms with Crippen molar-refractivity contribution < 1.29 is 57.9 Å². The number of hydrogen-bond donors (Lipinski definition) is 9. The van der Waals surface area contributed by atoms with Crippen LogP contribution >= 0.6 is 72.9 Å². The highest BCUT2D eigenvalue weighted by molar-refractivity contribution is 9.10. The third kappa shape index (κ3) is 22.8. The lowest BCUT2D eigenvalue weighted by molar-refractivity contribution is -0.113. The van der Waals surface area contributed by atoms with Crippen molar-refractivity contribution in [2.75, 3.05) is 42.6 Å². The number of H-pyrrole nitrogens is 3. The Kier molecular flexibility index (Phi) is 31.8. The van der Waals surface area contributed by atoms with E-state index in [1.54, 1.807) is 115 Å². The molecule has 7 heterocycles. The minimum atomic E-state index is -0.709. The Morgan fingerprint density at radius 3 is 1.88 bits per heavy atom. The Morgan fingerprint density at radius 1 is 0.600 bits per heavy atom. The molecule has 23 nitrogen and oxygen atoms in total. The highest BCUT2D eigenvalue weighted by Gasteiger charge is 2.30. The molecule has 0 radical (unpaired) electrons. The fourth-order valence-corrected chi connectivity index (χ4v) is 19.0. The molecular formula is C96H90BrClN8O15S4. The van der Waals surface area contributed by atoms with Crippen LogP contribution in [-0.2, 0) is 52.9 Å². The molecule has 10 N–H and O–H groups in total.